The molecule has 0 aliphatic rings. The summed E-state index contributed by atoms with van der Waals surface area (Å²) in [5.74, 6) is 2.92. The number of methoxy groups -OCH3 is 1. The standard InChI is InChI=1S/C6H10OTe/c1-3-8-6-4-5-7-2/h3,5H2,1-2H3. The van der Waals surface area contributed by atoms with Crippen molar-refractivity contribution >= 4 is 20.9 Å². The van der Waals surface area contributed by atoms with Crippen molar-refractivity contribution in [2.24, 2.45) is 0 Å². The second-order valence-corrected chi connectivity index (χ2v) is 4.20. The van der Waals surface area contributed by atoms with Crippen LogP contribution in [0.3, 0.4) is 0 Å². The van der Waals surface area contributed by atoms with Gasteiger partial charge in [-0.3, -0.25) is 0 Å². The van der Waals surface area contributed by atoms with E-state index in [-0.39, 0.29) is 20.9 Å². The number of ether oxygens (including phenoxy) is 1. The van der Waals surface area contributed by atoms with Crippen LogP contribution in [0.15, 0.2) is 0 Å². The summed E-state index contributed by atoms with van der Waals surface area (Å²) < 4.78 is 9.09. The van der Waals surface area contributed by atoms with E-state index in [0.717, 1.165) is 0 Å². The van der Waals surface area contributed by atoms with E-state index in [1.807, 2.05) is 0 Å². The first-order chi connectivity index (χ1) is 3.91. The molecule has 0 unspecified atom stereocenters. The zero-order chi connectivity index (χ0) is 6.24. The SMILES string of the molecule is CC[Te]C#CCOC. The van der Waals surface area contributed by atoms with Crippen LogP contribution in [0.4, 0.5) is 0 Å². The summed E-state index contributed by atoms with van der Waals surface area (Å²) in [6, 6.07) is 0. The molecule has 0 N–H and O–H groups in total. The Balaban J connectivity index is 2.95. The van der Waals surface area contributed by atoms with Gasteiger partial charge >= 0.3 is 60.7 Å². The van der Waals surface area contributed by atoms with Gasteiger partial charge in [-0.25, -0.2) is 0 Å². The van der Waals surface area contributed by atoms with Crippen molar-refractivity contribution in [1.82, 2.24) is 0 Å². The van der Waals surface area contributed by atoms with Gasteiger partial charge in [-0.15, -0.1) is 0 Å². The van der Waals surface area contributed by atoms with Gasteiger partial charge in [0.2, 0.25) is 0 Å². The molecule has 0 radical (unpaired) electrons. The third-order valence-electron chi connectivity index (χ3n) is 0.505. The van der Waals surface area contributed by atoms with Gasteiger partial charge in [0.25, 0.3) is 0 Å². The topological polar surface area (TPSA) is 9.23 Å². The fourth-order valence-corrected chi connectivity index (χ4v) is 1.10. The fraction of sp³-hybridized carbons (Fsp3) is 0.667. The van der Waals surface area contributed by atoms with Gasteiger partial charge in [-0.2, -0.15) is 0 Å². The van der Waals surface area contributed by atoms with E-state index in [1.54, 1.807) is 7.11 Å². The van der Waals surface area contributed by atoms with Crippen molar-refractivity contribution in [2.45, 2.75) is 11.4 Å². The first kappa shape index (κ1) is 8.31. The molecular weight excluding hydrogens is 216 g/mol. The van der Waals surface area contributed by atoms with E-state index in [2.05, 4.69) is 16.8 Å². The van der Waals surface area contributed by atoms with Gasteiger partial charge in [0, 0.05) is 0 Å². The monoisotopic (exact) mass is 228 g/mol. The first-order valence-corrected chi connectivity index (χ1v) is 5.31. The quantitative estimate of drug-likeness (QED) is 0.498. The van der Waals surface area contributed by atoms with E-state index < -0.39 is 0 Å². The zero-order valence-corrected chi connectivity index (χ0v) is 7.56. The number of hydrogen-bond donors (Lipinski definition) is 0. The molecule has 0 spiro atoms. The average Bonchev–Trinajstić information content (AvgIpc) is 1.81. The molecule has 0 saturated carbocycles. The molecule has 0 aliphatic heterocycles. The first-order valence-electron chi connectivity index (χ1n) is 2.50. The third kappa shape index (κ3) is 6.31. The van der Waals surface area contributed by atoms with Crippen molar-refractivity contribution in [2.75, 3.05) is 13.7 Å². The van der Waals surface area contributed by atoms with Crippen molar-refractivity contribution in [3.63, 3.8) is 0 Å². The van der Waals surface area contributed by atoms with Crippen LogP contribution < -0.4 is 0 Å². The Bertz CT molecular complexity index is 80.4. The molecule has 0 aromatic carbocycles. The molecule has 0 aromatic heterocycles. The van der Waals surface area contributed by atoms with Crippen LogP contribution in [-0.4, -0.2) is 34.6 Å². The number of rotatable bonds is 2. The molecule has 0 fully saturated rings. The summed E-state index contributed by atoms with van der Waals surface area (Å²) in [5.41, 5.74) is 0. The maximum absolute atomic E-state index is 4.74. The molecule has 0 saturated heterocycles. The van der Waals surface area contributed by atoms with Crippen LogP contribution in [-0.2, 0) is 4.74 Å². The van der Waals surface area contributed by atoms with Crippen molar-refractivity contribution in [3.8, 4) is 9.89 Å². The van der Waals surface area contributed by atoms with Crippen molar-refractivity contribution < 1.29 is 4.74 Å². The predicted molar refractivity (Wildman–Crippen MR) is 35.9 cm³/mol. The normalized spacial score (nSPS) is 7.75. The molecule has 0 heterocycles. The molecule has 0 amide bonds. The van der Waals surface area contributed by atoms with Gasteiger partial charge in [-0.1, -0.05) is 0 Å². The van der Waals surface area contributed by atoms with Crippen molar-refractivity contribution in [3.05, 3.63) is 0 Å². The van der Waals surface area contributed by atoms with Crippen LogP contribution in [0.2, 0.25) is 4.47 Å². The van der Waals surface area contributed by atoms with E-state index in [9.17, 15) is 0 Å². The molecule has 1 nitrogen and oxygen atoms in total. The summed E-state index contributed by atoms with van der Waals surface area (Å²) >= 11 is 0.0261. The Morgan fingerprint density at radius 1 is 1.62 bits per heavy atom. The van der Waals surface area contributed by atoms with Crippen molar-refractivity contribution in [1.29, 1.82) is 0 Å². The minimum absolute atomic E-state index is 0.0261. The maximum atomic E-state index is 4.74. The Morgan fingerprint density at radius 2 is 2.38 bits per heavy atom. The molecule has 0 aromatic rings. The van der Waals surface area contributed by atoms with Crippen LogP contribution in [0.1, 0.15) is 6.92 Å². The molecule has 0 rings (SSSR count). The molecule has 0 bridgehead atoms. The molecular formula is C6H10OTe. The molecule has 0 aliphatic carbocycles. The minimum atomic E-state index is 0.0261. The van der Waals surface area contributed by atoms with Crippen LogP contribution in [0.25, 0.3) is 0 Å². The number of hydrogen-bond acceptors (Lipinski definition) is 1. The summed E-state index contributed by atoms with van der Waals surface area (Å²) in [5, 5.41) is 0. The van der Waals surface area contributed by atoms with E-state index >= 15 is 0 Å². The van der Waals surface area contributed by atoms with Crippen LogP contribution in [0.5, 0.6) is 0 Å². The Labute approximate surface area is 60.9 Å². The molecule has 2 heteroatoms. The van der Waals surface area contributed by atoms with E-state index in [1.165, 1.54) is 4.47 Å². The van der Waals surface area contributed by atoms with Crippen LogP contribution >= 0.6 is 0 Å². The van der Waals surface area contributed by atoms with Gasteiger partial charge < -0.3 is 0 Å². The fourth-order valence-electron chi connectivity index (χ4n) is 0.225. The van der Waals surface area contributed by atoms with Gasteiger partial charge in [0.15, 0.2) is 0 Å². The Morgan fingerprint density at radius 3 is 2.88 bits per heavy atom. The third-order valence-corrected chi connectivity index (χ3v) is 2.15. The predicted octanol–water partition coefficient (Wildman–Crippen LogP) is 0.736. The van der Waals surface area contributed by atoms with Gasteiger partial charge in [0.05, 0.1) is 0 Å². The average molecular weight is 226 g/mol. The summed E-state index contributed by atoms with van der Waals surface area (Å²) in [7, 11) is 1.67. The zero-order valence-electron chi connectivity index (χ0n) is 5.23. The molecule has 0 atom stereocenters. The van der Waals surface area contributed by atoms with E-state index in [4.69, 9.17) is 4.74 Å². The summed E-state index contributed by atoms with van der Waals surface area (Å²) in [6.07, 6.45) is 0. The summed E-state index contributed by atoms with van der Waals surface area (Å²) in [6.45, 7) is 2.77. The summed E-state index contributed by atoms with van der Waals surface area (Å²) in [4.78, 5) is 0. The van der Waals surface area contributed by atoms with Gasteiger partial charge in [0.1, 0.15) is 0 Å². The molecule has 46 valence electrons. The second kappa shape index (κ2) is 7.31. The van der Waals surface area contributed by atoms with Gasteiger partial charge in [-0.05, 0) is 0 Å². The Hall–Kier alpha value is 0.310. The second-order valence-electron chi connectivity index (χ2n) is 1.14. The molecule has 8 heavy (non-hydrogen) atoms. The Kier molecular flexibility index (Phi) is 7.59. The van der Waals surface area contributed by atoms with Crippen LogP contribution in [0, 0.1) is 9.89 Å². The van der Waals surface area contributed by atoms with E-state index in [0.29, 0.717) is 6.61 Å².